The van der Waals surface area contributed by atoms with Crippen molar-refractivity contribution < 1.29 is 28.6 Å². The van der Waals surface area contributed by atoms with Crippen molar-refractivity contribution in [1.82, 2.24) is 0 Å². The SMILES string of the molecule is CC\C=C/C=C\C=C/C=C\C=C/CCCC(=O)OCC(COC(=O)CCCCCCC/C=C\CCCCCCCCCCC)OC(=O)CCCCCCCCC/C=C\C/C=C\CC. The molecule has 1 atom stereocenters. The average Bonchev–Trinajstić information content (AvgIpc) is 3.28. The van der Waals surface area contributed by atoms with Crippen LogP contribution < -0.4 is 0 Å². The molecule has 0 aliphatic heterocycles. The Morgan fingerprint density at radius 1 is 0.349 bits per heavy atom. The predicted molar refractivity (Wildman–Crippen MR) is 270 cm³/mol. The van der Waals surface area contributed by atoms with Gasteiger partial charge in [-0.1, -0.05) is 221 Å². The fraction of sp³-hybridized carbons (Fsp3) is 0.667. The van der Waals surface area contributed by atoms with Crippen molar-refractivity contribution in [3.63, 3.8) is 0 Å². The first-order valence-corrected chi connectivity index (χ1v) is 25.8. The largest absolute Gasteiger partial charge is 0.462 e. The number of ether oxygens (including phenoxy) is 3. The second-order valence-corrected chi connectivity index (χ2v) is 16.8. The van der Waals surface area contributed by atoms with Gasteiger partial charge in [0, 0.05) is 19.3 Å². The van der Waals surface area contributed by atoms with Crippen molar-refractivity contribution in [1.29, 1.82) is 0 Å². The van der Waals surface area contributed by atoms with Crippen LogP contribution in [0.4, 0.5) is 0 Å². The Morgan fingerprint density at radius 3 is 1.21 bits per heavy atom. The van der Waals surface area contributed by atoms with Gasteiger partial charge in [0.1, 0.15) is 13.2 Å². The summed E-state index contributed by atoms with van der Waals surface area (Å²) in [5.41, 5.74) is 0. The number of allylic oxidation sites excluding steroid dienone is 16. The molecule has 0 spiro atoms. The van der Waals surface area contributed by atoms with Crippen LogP contribution in [0.1, 0.15) is 226 Å². The van der Waals surface area contributed by atoms with Gasteiger partial charge in [0.2, 0.25) is 0 Å². The first kappa shape index (κ1) is 59.3. The van der Waals surface area contributed by atoms with Gasteiger partial charge >= 0.3 is 17.9 Å². The molecule has 0 saturated heterocycles. The van der Waals surface area contributed by atoms with Crippen LogP contribution in [0.2, 0.25) is 0 Å². The Balaban J connectivity index is 4.47. The van der Waals surface area contributed by atoms with Crippen LogP contribution in [0.5, 0.6) is 0 Å². The van der Waals surface area contributed by atoms with Crippen LogP contribution in [0.15, 0.2) is 97.2 Å². The first-order valence-electron chi connectivity index (χ1n) is 25.8. The maximum Gasteiger partial charge on any atom is 0.306 e. The lowest BCUT2D eigenvalue weighted by Gasteiger charge is -2.18. The highest BCUT2D eigenvalue weighted by molar-refractivity contribution is 5.71. The molecule has 0 radical (unpaired) electrons. The van der Waals surface area contributed by atoms with E-state index in [-0.39, 0.29) is 37.5 Å². The van der Waals surface area contributed by atoms with Gasteiger partial charge in [-0.05, 0) is 83.5 Å². The molecular formula is C57H94O6. The van der Waals surface area contributed by atoms with E-state index in [4.69, 9.17) is 14.2 Å². The zero-order valence-corrected chi connectivity index (χ0v) is 40.8. The molecule has 0 saturated carbocycles. The molecule has 0 aromatic rings. The van der Waals surface area contributed by atoms with E-state index in [0.717, 1.165) is 83.5 Å². The Bertz CT molecular complexity index is 1280. The lowest BCUT2D eigenvalue weighted by atomic mass is 10.1. The molecular weight excluding hydrogens is 781 g/mol. The van der Waals surface area contributed by atoms with E-state index in [0.29, 0.717) is 19.3 Å². The lowest BCUT2D eigenvalue weighted by Crippen LogP contribution is -2.30. The molecule has 0 fully saturated rings. The van der Waals surface area contributed by atoms with Crippen molar-refractivity contribution in [3.8, 4) is 0 Å². The maximum atomic E-state index is 12.8. The van der Waals surface area contributed by atoms with E-state index in [1.807, 2.05) is 54.7 Å². The fourth-order valence-corrected chi connectivity index (χ4v) is 6.86. The summed E-state index contributed by atoms with van der Waals surface area (Å²) in [5.74, 6) is -1.00. The summed E-state index contributed by atoms with van der Waals surface area (Å²) in [6, 6.07) is 0. The average molecular weight is 875 g/mol. The van der Waals surface area contributed by atoms with Crippen molar-refractivity contribution in [3.05, 3.63) is 97.2 Å². The van der Waals surface area contributed by atoms with Crippen LogP contribution in [0.3, 0.4) is 0 Å². The van der Waals surface area contributed by atoms with E-state index in [2.05, 4.69) is 63.3 Å². The van der Waals surface area contributed by atoms with Gasteiger partial charge in [0.15, 0.2) is 6.10 Å². The van der Waals surface area contributed by atoms with Gasteiger partial charge in [0.05, 0.1) is 0 Å². The van der Waals surface area contributed by atoms with Crippen LogP contribution in [0, 0.1) is 0 Å². The standard InChI is InChI=1S/C57H94O6/c1-4-7-10-13-16-19-22-25-27-28-29-30-33-35-38-41-44-47-50-56(59)62-53-54(52-61-55(58)49-46-43-40-37-34-31-24-21-18-15-12-9-6-3)63-57(60)51-48-45-42-39-36-32-26-23-20-17-14-11-8-5-2/h8-9,11-12,15,17-18,20-21,24,29-31,34,37,40,54H,4-7,10,13-14,16,19,22-23,25-28,32-33,35-36,38-39,41-53H2,1-3H3/b11-8-,12-9-,18-15-,20-17-,24-21-,30-29-,34-31-,40-37-. The summed E-state index contributed by atoms with van der Waals surface area (Å²) < 4.78 is 16.7. The molecule has 0 amide bonds. The third-order valence-corrected chi connectivity index (χ3v) is 10.7. The molecule has 6 heteroatoms. The number of esters is 3. The smallest absolute Gasteiger partial charge is 0.306 e. The molecule has 0 rings (SSSR count). The second kappa shape index (κ2) is 51.0. The number of rotatable bonds is 45. The van der Waals surface area contributed by atoms with Crippen molar-refractivity contribution >= 4 is 17.9 Å². The third-order valence-electron chi connectivity index (χ3n) is 10.7. The van der Waals surface area contributed by atoms with Crippen LogP contribution in [-0.4, -0.2) is 37.2 Å². The Labute approximate surface area is 387 Å². The normalized spacial score (nSPS) is 12.9. The van der Waals surface area contributed by atoms with Crippen LogP contribution in [0.25, 0.3) is 0 Å². The van der Waals surface area contributed by atoms with Gasteiger partial charge in [-0.15, -0.1) is 0 Å². The predicted octanol–water partition coefficient (Wildman–Crippen LogP) is 17.0. The fourth-order valence-electron chi connectivity index (χ4n) is 6.86. The molecule has 0 aliphatic carbocycles. The molecule has 6 nitrogen and oxygen atoms in total. The molecule has 0 N–H and O–H groups in total. The summed E-state index contributed by atoms with van der Waals surface area (Å²) >= 11 is 0. The minimum absolute atomic E-state index is 0.109. The van der Waals surface area contributed by atoms with Gasteiger partial charge < -0.3 is 14.2 Å². The molecule has 0 bridgehead atoms. The summed E-state index contributed by atoms with van der Waals surface area (Å²) in [6.45, 7) is 6.30. The number of hydrogen-bond donors (Lipinski definition) is 0. The molecule has 0 aromatic heterocycles. The highest BCUT2D eigenvalue weighted by atomic mass is 16.6. The first-order chi connectivity index (χ1) is 31.0. The van der Waals surface area contributed by atoms with E-state index >= 15 is 0 Å². The van der Waals surface area contributed by atoms with Gasteiger partial charge in [-0.3, -0.25) is 14.4 Å². The number of carbonyl (C=O) groups excluding carboxylic acids is 3. The zero-order chi connectivity index (χ0) is 45.8. The molecule has 63 heavy (non-hydrogen) atoms. The highest BCUT2D eigenvalue weighted by Crippen LogP contribution is 2.14. The minimum atomic E-state index is -0.814. The number of hydrogen-bond acceptors (Lipinski definition) is 6. The van der Waals surface area contributed by atoms with Gasteiger partial charge in [-0.25, -0.2) is 0 Å². The monoisotopic (exact) mass is 875 g/mol. The van der Waals surface area contributed by atoms with Crippen molar-refractivity contribution in [2.45, 2.75) is 232 Å². The number of carbonyl (C=O) groups is 3. The van der Waals surface area contributed by atoms with Crippen LogP contribution >= 0.6 is 0 Å². The van der Waals surface area contributed by atoms with Gasteiger partial charge in [0.25, 0.3) is 0 Å². The Hall–Kier alpha value is -3.67. The summed E-state index contributed by atoms with van der Waals surface area (Å²) in [5, 5.41) is 0. The summed E-state index contributed by atoms with van der Waals surface area (Å²) in [7, 11) is 0. The molecule has 1 unspecified atom stereocenters. The van der Waals surface area contributed by atoms with Crippen LogP contribution in [-0.2, 0) is 28.6 Å². The maximum absolute atomic E-state index is 12.8. The molecule has 0 heterocycles. The highest BCUT2D eigenvalue weighted by Gasteiger charge is 2.19. The van der Waals surface area contributed by atoms with E-state index in [1.165, 1.54) is 96.3 Å². The third kappa shape index (κ3) is 49.2. The zero-order valence-electron chi connectivity index (χ0n) is 40.8. The summed E-state index contributed by atoms with van der Waals surface area (Å²) in [6.07, 6.45) is 66.9. The topological polar surface area (TPSA) is 78.9 Å². The van der Waals surface area contributed by atoms with E-state index in [1.54, 1.807) is 0 Å². The lowest BCUT2D eigenvalue weighted by molar-refractivity contribution is -0.167. The van der Waals surface area contributed by atoms with E-state index < -0.39 is 6.10 Å². The second-order valence-electron chi connectivity index (χ2n) is 16.8. The summed E-state index contributed by atoms with van der Waals surface area (Å²) in [4.78, 5) is 37.9. The minimum Gasteiger partial charge on any atom is -0.462 e. The van der Waals surface area contributed by atoms with Gasteiger partial charge in [-0.2, -0.15) is 0 Å². The van der Waals surface area contributed by atoms with Crippen molar-refractivity contribution in [2.75, 3.05) is 13.2 Å². The Kier molecular flexibility index (Phi) is 48.0. The molecule has 0 aromatic carbocycles. The molecule has 0 aliphatic rings. The van der Waals surface area contributed by atoms with Crippen molar-refractivity contribution in [2.24, 2.45) is 0 Å². The Morgan fingerprint density at radius 2 is 0.714 bits per heavy atom. The molecule has 358 valence electrons. The quantitative estimate of drug-likeness (QED) is 0.0199. The van der Waals surface area contributed by atoms with E-state index in [9.17, 15) is 14.4 Å². The number of unbranched alkanes of at least 4 members (excludes halogenated alkanes) is 22.